The van der Waals surface area contributed by atoms with Gasteiger partial charge in [0.05, 0.1) is 0 Å². The quantitative estimate of drug-likeness (QED) is 0.746. The summed E-state index contributed by atoms with van der Waals surface area (Å²) in [6, 6.07) is 0.913. The molecule has 0 spiro atoms. The second kappa shape index (κ2) is 5.08. The molecule has 3 rings (SSSR count). The van der Waals surface area contributed by atoms with Gasteiger partial charge in [-0.3, -0.25) is 0 Å². The van der Waals surface area contributed by atoms with E-state index in [4.69, 9.17) is 0 Å². The van der Waals surface area contributed by atoms with Gasteiger partial charge in [0.1, 0.15) is 0 Å². The maximum Gasteiger partial charge on any atom is 0.00683 e. The molecule has 0 aromatic carbocycles. The van der Waals surface area contributed by atoms with E-state index in [1.807, 2.05) is 0 Å². The summed E-state index contributed by atoms with van der Waals surface area (Å²) < 4.78 is 0. The monoisotopic (exact) mass is 221 g/mol. The average Bonchev–Trinajstić information content (AvgIpc) is 3.10. The van der Waals surface area contributed by atoms with Gasteiger partial charge in [0.2, 0.25) is 0 Å². The van der Waals surface area contributed by atoms with Gasteiger partial charge >= 0.3 is 0 Å². The van der Waals surface area contributed by atoms with Crippen LogP contribution in [0.1, 0.15) is 64.2 Å². The Morgan fingerprint density at radius 3 is 2.12 bits per heavy atom. The summed E-state index contributed by atoms with van der Waals surface area (Å²) in [6.45, 7) is 1.34. The summed E-state index contributed by atoms with van der Waals surface area (Å²) in [5.74, 6) is 3.24. The van der Waals surface area contributed by atoms with Crippen LogP contribution < -0.4 is 5.32 Å². The Balaban J connectivity index is 1.36. The van der Waals surface area contributed by atoms with E-state index >= 15 is 0 Å². The van der Waals surface area contributed by atoms with Crippen LogP contribution in [0.25, 0.3) is 0 Å². The fourth-order valence-electron chi connectivity index (χ4n) is 3.67. The van der Waals surface area contributed by atoms with E-state index in [1.165, 1.54) is 51.5 Å². The Bertz CT molecular complexity index is 215. The third-order valence-corrected chi connectivity index (χ3v) is 5.18. The van der Waals surface area contributed by atoms with Crippen molar-refractivity contribution in [2.75, 3.05) is 6.54 Å². The van der Waals surface area contributed by atoms with Crippen LogP contribution in [0.15, 0.2) is 0 Å². The number of rotatable bonds is 5. The predicted molar refractivity (Wildman–Crippen MR) is 68.4 cm³/mol. The molecular formula is C15H27N. The first-order chi connectivity index (χ1) is 7.92. The molecular weight excluding hydrogens is 194 g/mol. The fraction of sp³-hybridized carbons (Fsp3) is 1.00. The zero-order valence-electron chi connectivity index (χ0n) is 10.6. The zero-order valence-corrected chi connectivity index (χ0v) is 10.6. The minimum absolute atomic E-state index is 0.913. The summed E-state index contributed by atoms with van der Waals surface area (Å²) in [6.07, 6.45) is 15.1. The highest BCUT2D eigenvalue weighted by atomic mass is 14.9. The highest BCUT2D eigenvalue weighted by molar-refractivity contribution is 4.88. The van der Waals surface area contributed by atoms with Gasteiger partial charge in [-0.15, -0.1) is 0 Å². The maximum absolute atomic E-state index is 3.73. The van der Waals surface area contributed by atoms with Crippen molar-refractivity contribution in [2.45, 2.75) is 70.3 Å². The predicted octanol–water partition coefficient (Wildman–Crippen LogP) is 3.74. The van der Waals surface area contributed by atoms with E-state index in [0.717, 1.165) is 23.8 Å². The molecule has 0 aromatic rings. The molecule has 1 nitrogen and oxygen atoms in total. The molecule has 16 heavy (non-hydrogen) atoms. The van der Waals surface area contributed by atoms with Gasteiger partial charge in [0.15, 0.2) is 0 Å². The second-order valence-corrected chi connectivity index (χ2v) is 6.52. The van der Waals surface area contributed by atoms with Gasteiger partial charge in [-0.2, -0.15) is 0 Å². The number of nitrogens with one attached hydrogen (secondary N) is 1. The molecule has 0 bridgehead atoms. The lowest BCUT2D eigenvalue weighted by Crippen LogP contribution is -2.37. The van der Waals surface area contributed by atoms with Crippen molar-refractivity contribution in [1.29, 1.82) is 0 Å². The van der Waals surface area contributed by atoms with Gasteiger partial charge in [0, 0.05) is 6.04 Å². The zero-order chi connectivity index (χ0) is 10.8. The molecule has 1 heteroatoms. The fourth-order valence-corrected chi connectivity index (χ4v) is 3.67. The number of hydrogen-bond acceptors (Lipinski definition) is 1. The van der Waals surface area contributed by atoms with Gasteiger partial charge in [-0.1, -0.05) is 32.1 Å². The topological polar surface area (TPSA) is 12.0 Å². The summed E-state index contributed by atoms with van der Waals surface area (Å²) >= 11 is 0. The van der Waals surface area contributed by atoms with E-state index in [-0.39, 0.29) is 0 Å². The van der Waals surface area contributed by atoms with Crippen molar-refractivity contribution >= 4 is 0 Å². The first kappa shape index (κ1) is 11.1. The van der Waals surface area contributed by atoms with Crippen molar-refractivity contribution in [3.8, 4) is 0 Å². The largest absolute Gasteiger partial charge is 0.314 e. The third-order valence-electron chi connectivity index (χ3n) is 5.18. The third kappa shape index (κ3) is 2.80. The lowest BCUT2D eigenvalue weighted by atomic mass is 9.68. The normalized spacial score (nSPS) is 36.0. The van der Waals surface area contributed by atoms with Crippen molar-refractivity contribution in [3.05, 3.63) is 0 Å². The van der Waals surface area contributed by atoms with Crippen LogP contribution in [-0.4, -0.2) is 12.6 Å². The lowest BCUT2D eigenvalue weighted by molar-refractivity contribution is 0.125. The van der Waals surface area contributed by atoms with Crippen LogP contribution in [0.4, 0.5) is 0 Å². The van der Waals surface area contributed by atoms with Crippen molar-refractivity contribution in [3.63, 3.8) is 0 Å². The minimum atomic E-state index is 0.913. The summed E-state index contributed by atoms with van der Waals surface area (Å²) in [4.78, 5) is 0. The maximum atomic E-state index is 3.73. The molecule has 92 valence electrons. The molecule has 3 aliphatic rings. The molecule has 0 radical (unpaired) electrons. The molecule has 1 N–H and O–H groups in total. The summed E-state index contributed by atoms with van der Waals surface area (Å²) in [5.41, 5.74) is 0. The van der Waals surface area contributed by atoms with Crippen LogP contribution in [0.3, 0.4) is 0 Å². The SMILES string of the molecule is C1CCC(CC2CCC2CNC2CC2)CC1. The van der Waals surface area contributed by atoms with Crippen molar-refractivity contribution in [1.82, 2.24) is 5.32 Å². The van der Waals surface area contributed by atoms with E-state index in [9.17, 15) is 0 Å². The minimum Gasteiger partial charge on any atom is -0.314 e. The molecule has 0 aliphatic heterocycles. The van der Waals surface area contributed by atoms with Crippen molar-refractivity contribution < 1.29 is 0 Å². The summed E-state index contributed by atoms with van der Waals surface area (Å²) in [5, 5.41) is 3.73. The van der Waals surface area contributed by atoms with Crippen LogP contribution in [-0.2, 0) is 0 Å². The molecule has 3 aliphatic carbocycles. The van der Waals surface area contributed by atoms with E-state index in [0.29, 0.717) is 0 Å². The molecule has 2 atom stereocenters. The standard InChI is InChI=1S/C15H27N/c1-2-4-12(5-3-1)10-13-6-7-14(13)11-16-15-8-9-15/h12-16H,1-11H2. The lowest BCUT2D eigenvalue weighted by Gasteiger charge is -2.40. The van der Waals surface area contributed by atoms with E-state index in [1.54, 1.807) is 19.3 Å². The molecule has 0 saturated heterocycles. The Labute approximate surface area is 100 Å². The summed E-state index contributed by atoms with van der Waals surface area (Å²) in [7, 11) is 0. The van der Waals surface area contributed by atoms with Crippen LogP contribution in [0.2, 0.25) is 0 Å². The molecule has 2 unspecified atom stereocenters. The average molecular weight is 221 g/mol. The molecule has 3 saturated carbocycles. The molecule has 3 fully saturated rings. The van der Waals surface area contributed by atoms with Gasteiger partial charge in [-0.25, -0.2) is 0 Å². The molecule has 0 amide bonds. The van der Waals surface area contributed by atoms with Crippen molar-refractivity contribution in [2.24, 2.45) is 17.8 Å². The first-order valence-corrected chi connectivity index (χ1v) is 7.65. The van der Waals surface area contributed by atoms with Crippen LogP contribution in [0, 0.1) is 17.8 Å². The Kier molecular flexibility index (Phi) is 3.51. The first-order valence-electron chi connectivity index (χ1n) is 7.65. The van der Waals surface area contributed by atoms with Gasteiger partial charge < -0.3 is 5.32 Å². The van der Waals surface area contributed by atoms with E-state index < -0.39 is 0 Å². The molecule has 0 heterocycles. The van der Waals surface area contributed by atoms with Gasteiger partial charge in [-0.05, 0) is 56.4 Å². The van der Waals surface area contributed by atoms with E-state index in [2.05, 4.69) is 5.32 Å². The Morgan fingerprint density at radius 1 is 0.750 bits per heavy atom. The highest BCUT2D eigenvalue weighted by Crippen LogP contribution is 2.41. The smallest absolute Gasteiger partial charge is 0.00683 e. The Morgan fingerprint density at radius 2 is 1.50 bits per heavy atom. The highest BCUT2D eigenvalue weighted by Gasteiger charge is 2.33. The van der Waals surface area contributed by atoms with Crippen LogP contribution in [0.5, 0.6) is 0 Å². The molecule has 0 aromatic heterocycles. The Hall–Kier alpha value is -0.0400. The van der Waals surface area contributed by atoms with Crippen LogP contribution >= 0.6 is 0 Å². The number of hydrogen-bond donors (Lipinski definition) is 1. The second-order valence-electron chi connectivity index (χ2n) is 6.52. The van der Waals surface area contributed by atoms with Gasteiger partial charge in [0.25, 0.3) is 0 Å².